The molecule has 0 aliphatic carbocycles. The van der Waals surface area contributed by atoms with Crippen molar-refractivity contribution >= 4 is 68.5 Å². The summed E-state index contributed by atoms with van der Waals surface area (Å²) in [5.74, 6) is -2.07. The standard InChI is InChI=1S/C12H13N9O9S3/c22-10(19-31(25)26)16-7-13-8(17-11(23)20-32(27)28)15-9(14-7)18-12(24)21-33(29,30)6-4-2-1-3-5-6/h1-5H,(H,25,26)(H,27,28)(H6,13,14,15,16,17,18,19,20,21,22,23,24). The van der Waals surface area contributed by atoms with Crippen LogP contribution in [0.15, 0.2) is 35.2 Å². The van der Waals surface area contributed by atoms with Crippen LogP contribution in [0.5, 0.6) is 0 Å². The van der Waals surface area contributed by atoms with Crippen molar-refractivity contribution in [3.63, 3.8) is 0 Å². The lowest BCUT2D eigenvalue weighted by Crippen LogP contribution is -2.35. The summed E-state index contributed by atoms with van der Waals surface area (Å²) in [6.45, 7) is 0. The number of carbonyl (C=O) groups is 3. The summed E-state index contributed by atoms with van der Waals surface area (Å²) >= 11 is -5.51. The second-order valence-corrected chi connectivity index (χ2v) is 8.38. The van der Waals surface area contributed by atoms with Gasteiger partial charge in [0, 0.05) is 0 Å². The highest BCUT2D eigenvalue weighted by atomic mass is 32.2. The molecular formula is C12H13N9O9S3. The van der Waals surface area contributed by atoms with Gasteiger partial charge in [0.2, 0.25) is 17.8 Å². The zero-order chi connectivity index (χ0) is 24.6. The lowest BCUT2D eigenvalue weighted by molar-refractivity contribution is 0.255. The van der Waals surface area contributed by atoms with Crippen LogP contribution in [0.1, 0.15) is 0 Å². The van der Waals surface area contributed by atoms with Gasteiger partial charge in [0.15, 0.2) is 0 Å². The fourth-order valence-corrected chi connectivity index (χ4v) is 3.21. The van der Waals surface area contributed by atoms with Crippen LogP contribution in [0.2, 0.25) is 0 Å². The van der Waals surface area contributed by atoms with Crippen LogP contribution in [-0.4, -0.2) is 59.0 Å². The molecule has 2 unspecified atom stereocenters. The molecule has 0 saturated heterocycles. The van der Waals surface area contributed by atoms with Gasteiger partial charge in [0.1, 0.15) is 0 Å². The number of nitrogens with one attached hydrogen (secondary N) is 6. The van der Waals surface area contributed by atoms with Crippen LogP contribution in [0.3, 0.4) is 0 Å². The Morgan fingerprint density at radius 2 is 1.12 bits per heavy atom. The maximum Gasteiger partial charge on any atom is 0.335 e. The van der Waals surface area contributed by atoms with Crippen LogP contribution in [0, 0.1) is 0 Å². The minimum absolute atomic E-state index is 0.233. The van der Waals surface area contributed by atoms with Crippen LogP contribution in [-0.2, 0) is 32.6 Å². The van der Waals surface area contributed by atoms with Crippen molar-refractivity contribution in [3.05, 3.63) is 30.3 Å². The van der Waals surface area contributed by atoms with Gasteiger partial charge >= 0.3 is 18.1 Å². The van der Waals surface area contributed by atoms with Crippen molar-refractivity contribution in [2.45, 2.75) is 4.90 Å². The maximum absolute atomic E-state index is 12.2. The highest BCUT2D eigenvalue weighted by Crippen LogP contribution is 2.11. The molecule has 1 aromatic heterocycles. The van der Waals surface area contributed by atoms with Gasteiger partial charge in [0.25, 0.3) is 32.6 Å². The first-order chi connectivity index (χ1) is 15.4. The van der Waals surface area contributed by atoms with Crippen LogP contribution in [0.4, 0.5) is 32.2 Å². The third-order valence-electron chi connectivity index (χ3n) is 2.95. The molecule has 6 amide bonds. The lowest BCUT2D eigenvalue weighted by Gasteiger charge is -2.10. The van der Waals surface area contributed by atoms with Gasteiger partial charge in [-0.05, 0) is 12.1 Å². The Hall–Kier alpha value is -3.79. The van der Waals surface area contributed by atoms with Crippen molar-refractivity contribution < 1.29 is 40.3 Å². The number of benzene rings is 1. The van der Waals surface area contributed by atoms with Crippen LogP contribution in [0.25, 0.3) is 0 Å². The Bertz CT molecular complexity index is 1160. The van der Waals surface area contributed by atoms with E-state index < -0.39 is 68.5 Å². The first kappa shape index (κ1) is 25.5. The van der Waals surface area contributed by atoms with Crippen molar-refractivity contribution in [2.75, 3.05) is 16.0 Å². The summed E-state index contributed by atoms with van der Waals surface area (Å²) in [7, 11) is -4.28. The molecule has 2 atom stereocenters. The smallest absolute Gasteiger partial charge is 0.289 e. The molecule has 33 heavy (non-hydrogen) atoms. The summed E-state index contributed by atoms with van der Waals surface area (Å²) in [4.78, 5) is 45.7. The fourth-order valence-electron chi connectivity index (χ4n) is 1.86. The van der Waals surface area contributed by atoms with Gasteiger partial charge in [-0.2, -0.15) is 15.0 Å². The Balaban J connectivity index is 2.24. The number of urea groups is 3. The second-order valence-electron chi connectivity index (χ2n) is 5.29. The number of nitrogens with zero attached hydrogens (tertiary/aromatic N) is 3. The number of hydrogen-bond donors (Lipinski definition) is 8. The van der Waals surface area contributed by atoms with E-state index in [0.717, 1.165) is 0 Å². The van der Waals surface area contributed by atoms with Gasteiger partial charge < -0.3 is 0 Å². The van der Waals surface area contributed by atoms with Gasteiger partial charge in [-0.3, -0.25) is 25.1 Å². The Morgan fingerprint density at radius 3 is 1.52 bits per heavy atom. The number of hydrogen-bond acceptors (Lipinski definition) is 10. The number of carbonyl (C=O) groups excluding carboxylic acids is 3. The molecule has 21 heteroatoms. The Labute approximate surface area is 189 Å². The molecule has 0 saturated carbocycles. The second kappa shape index (κ2) is 11.2. The molecule has 0 aliphatic rings. The third kappa shape index (κ3) is 8.69. The number of aromatic nitrogens is 3. The van der Waals surface area contributed by atoms with E-state index in [9.17, 15) is 31.2 Å². The molecule has 2 rings (SSSR count). The lowest BCUT2D eigenvalue weighted by atomic mass is 10.4. The Morgan fingerprint density at radius 1 is 0.727 bits per heavy atom. The first-order valence-electron chi connectivity index (χ1n) is 7.96. The summed E-state index contributed by atoms with van der Waals surface area (Å²) < 4.78 is 67.6. The predicted octanol–water partition coefficient (Wildman–Crippen LogP) is -1.10. The average Bonchev–Trinajstić information content (AvgIpc) is 2.66. The third-order valence-corrected chi connectivity index (χ3v) is 5.02. The number of sulfonamides is 1. The van der Waals surface area contributed by atoms with Gasteiger partial charge in [0.05, 0.1) is 4.90 Å². The van der Waals surface area contributed by atoms with E-state index in [1.807, 2.05) is 16.0 Å². The molecule has 1 aromatic carbocycles. The molecule has 0 spiro atoms. The van der Waals surface area contributed by atoms with E-state index in [4.69, 9.17) is 9.11 Å². The highest BCUT2D eigenvalue weighted by Gasteiger charge is 2.19. The zero-order valence-corrected chi connectivity index (χ0v) is 18.2. The molecule has 178 valence electrons. The summed E-state index contributed by atoms with van der Waals surface area (Å²) in [5, 5.41) is 5.68. The van der Waals surface area contributed by atoms with E-state index >= 15 is 0 Å². The van der Waals surface area contributed by atoms with E-state index in [1.165, 1.54) is 33.7 Å². The largest absolute Gasteiger partial charge is 0.335 e. The fraction of sp³-hybridized carbons (Fsp3) is 0. The van der Waals surface area contributed by atoms with E-state index in [1.54, 1.807) is 10.8 Å². The minimum Gasteiger partial charge on any atom is -0.289 e. The van der Waals surface area contributed by atoms with Crippen molar-refractivity contribution in [3.8, 4) is 0 Å². The number of rotatable bonds is 7. The highest BCUT2D eigenvalue weighted by molar-refractivity contribution is 7.90. The zero-order valence-electron chi connectivity index (χ0n) is 15.7. The van der Waals surface area contributed by atoms with Crippen molar-refractivity contribution in [1.82, 2.24) is 29.1 Å². The quantitative estimate of drug-likeness (QED) is 0.201. The normalized spacial score (nSPS) is 12.5. The minimum atomic E-state index is -4.28. The molecule has 0 bridgehead atoms. The number of anilines is 3. The SMILES string of the molecule is O=C(Nc1nc(NC(=O)NS(=O)O)nc(NC(=O)NS(=O)(=O)c2ccccc2)n1)NS(=O)O. The summed E-state index contributed by atoms with van der Waals surface area (Å²) in [6, 6.07) is 2.92. The van der Waals surface area contributed by atoms with E-state index in [0.29, 0.717) is 0 Å². The van der Waals surface area contributed by atoms with Crippen LogP contribution < -0.4 is 30.1 Å². The van der Waals surface area contributed by atoms with Crippen molar-refractivity contribution in [2.24, 2.45) is 0 Å². The molecule has 8 N–H and O–H groups in total. The topological polar surface area (TPSA) is 271 Å². The molecule has 18 nitrogen and oxygen atoms in total. The molecule has 0 fully saturated rings. The maximum atomic E-state index is 12.2. The summed E-state index contributed by atoms with van der Waals surface area (Å²) in [6.07, 6.45) is 0. The van der Waals surface area contributed by atoms with Gasteiger partial charge in [-0.15, -0.1) is 0 Å². The molecule has 0 radical (unpaired) electrons. The van der Waals surface area contributed by atoms with E-state index in [-0.39, 0.29) is 4.90 Å². The van der Waals surface area contributed by atoms with E-state index in [2.05, 4.69) is 15.0 Å². The average molecular weight is 523 g/mol. The molecular weight excluding hydrogens is 510 g/mol. The first-order valence-corrected chi connectivity index (χ1v) is 11.7. The molecule has 0 aliphatic heterocycles. The monoisotopic (exact) mass is 523 g/mol. The van der Waals surface area contributed by atoms with Gasteiger partial charge in [-0.1, -0.05) is 18.2 Å². The van der Waals surface area contributed by atoms with Crippen molar-refractivity contribution in [1.29, 1.82) is 0 Å². The summed E-state index contributed by atoms with van der Waals surface area (Å²) in [5.41, 5.74) is 0. The van der Waals surface area contributed by atoms with Crippen LogP contribution >= 0.6 is 0 Å². The number of amides is 6. The predicted molar refractivity (Wildman–Crippen MR) is 111 cm³/mol. The molecule has 1 heterocycles. The molecule has 2 aromatic rings. The Kier molecular flexibility index (Phi) is 8.63. The van der Waals surface area contributed by atoms with Gasteiger partial charge in [-0.25, -0.2) is 45.4 Å².